The molecule has 0 aromatic heterocycles. The van der Waals surface area contributed by atoms with Crippen molar-refractivity contribution >= 4 is 9.84 Å². The van der Waals surface area contributed by atoms with E-state index in [1.165, 1.54) is 0 Å². The number of rotatable bonds is 4. The van der Waals surface area contributed by atoms with E-state index in [9.17, 15) is 8.42 Å². The van der Waals surface area contributed by atoms with Gasteiger partial charge in [0, 0.05) is 6.04 Å². The molecule has 1 aromatic rings. The van der Waals surface area contributed by atoms with Gasteiger partial charge in [-0.25, -0.2) is 8.42 Å². The van der Waals surface area contributed by atoms with Crippen molar-refractivity contribution < 1.29 is 8.42 Å². The van der Waals surface area contributed by atoms with E-state index in [4.69, 9.17) is 5.73 Å². The topological polar surface area (TPSA) is 60.2 Å². The van der Waals surface area contributed by atoms with Crippen LogP contribution in [0.3, 0.4) is 0 Å². The highest BCUT2D eigenvalue weighted by atomic mass is 32.2. The van der Waals surface area contributed by atoms with Crippen LogP contribution in [0.1, 0.15) is 44.6 Å². The fourth-order valence-corrected chi connectivity index (χ4v) is 5.53. The molecular weight excluding hydrogens is 270 g/mol. The second kappa shape index (κ2) is 6.27. The third-order valence-corrected chi connectivity index (χ3v) is 6.86. The van der Waals surface area contributed by atoms with E-state index in [1.807, 2.05) is 19.1 Å². The molecule has 0 radical (unpaired) electrons. The molecule has 1 fully saturated rings. The molecule has 4 heteroatoms. The van der Waals surface area contributed by atoms with Gasteiger partial charge in [-0.3, -0.25) is 0 Å². The van der Waals surface area contributed by atoms with Gasteiger partial charge >= 0.3 is 0 Å². The smallest absolute Gasteiger partial charge is 0.183 e. The van der Waals surface area contributed by atoms with E-state index in [0.29, 0.717) is 17.2 Å². The Hall–Kier alpha value is -0.870. The molecular formula is C16H25NO2S. The van der Waals surface area contributed by atoms with Gasteiger partial charge in [0.1, 0.15) is 0 Å². The summed E-state index contributed by atoms with van der Waals surface area (Å²) >= 11 is 0. The average Bonchev–Trinajstić information content (AvgIpc) is 2.41. The monoisotopic (exact) mass is 295 g/mol. The van der Waals surface area contributed by atoms with Crippen molar-refractivity contribution in [2.75, 3.05) is 0 Å². The van der Waals surface area contributed by atoms with Gasteiger partial charge in [0.25, 0.3) is 0 Å². The molecule has 0 heterocycles. The molecule has 3 nitrogen and oxygen atoms in total. The van der Waals surface area contributed by atoms with Crippen LogP contribution >= 0.6 is 0 Å². The van der Waals surface area contributed by atoms with Crippen molar-refractivity contribution in [3.05, 3.63) is 29.8 Å². The number of aryl methyl sites for hydroxylation is 1. The quantitative estimate of drug-likeness (QED) is 0.928. The van der Waals surface area contributed by atoms with Gasteiger partial charge in [-0.2, -0.15) is 0 Å². The van der Waals surface area contributed by atoms with Crippen LogP contribution in [0.2, 0.25) is 0 Å². The summed E-state index contributed by atoms with van der Waals surface area (Å²) in [4.78, 5) is 0.456. The van der Waals surface area contributed by atoms with Crippen LogP contribution in [-0.2, 0) is 9.84 Å². The lowest BCUT2D eigenvalue weighted by molar-refractivity contribution is 0.309. The molecule has 0 amide bonds. The number of hydrogen-bond donors (Lipinski definition) is 1. The van der Waals surface area contributed by atoms with Gasteiger partial charge in [-0.15, -0.1) is 0 Å². The molecule has 1 aliphatic rings. The molecule has 0 saturated heterocycles. The third kappa shape index (κ3) is 3.07. The first kappa shape index (κ1) is 15.5. The van der Waals surface area contributed by atoms with Crippen molar-refractivity contribution in [3.8, 4) is 0 Å². The van der Waals surface area contributed by atoms with Crippen LogP contribution in [0.5, 0.6) is 0 Å². The largest absolute Gasteiger partial charge is 0.327 e. The number of nitrogens with two attached hydrogens (primary N) is 1. The fourth-order valence-electron chi connectivity index (χ4n) is 3.30. The molecule has 3 unspecified atom stereocenters. The summed E-state index contributed by atoms with van der Waals surface area (Å²) in [5.41, 5.74) is 6.95. The molecule has 0 aliphatic heterocycles. The minimum absolute atomic E-state index is 0.229. The fraction of sp³-hybridized carbons (Fsp3) is 0.625. The molecule has 20 heavy (non-hydrogen) atoms. The second-order valence-electron chi connectivity index (χ2n) is 5.98. The standard InChI is InChI=1S/C16H25NO2S/c1-3-6-13-9-10-14(17)16(11-13)20(18,19)15-8-5-4-7-12(15)2/h4-5,7-8,13-14,16H,3,6,9-11,17H2,1-2H3. The van der Waals surface area contributed by atoms with Crippen molar-refractivity contribution in [2.24, 2.45) is 11.7 Å². The Morgan fingerprint density at radius 2 is 1.95 bits per heavy atom. The molecule has 1 aliphatic carbocycles. The lowest BCUT2D eigenvalue weighted by Gasteiger charge is -2.34. The lowest BCUT2D eigenvalue weighted by Crippen LogP contribution is -2.45. The SMILES string of the molecule is CCCC1CCC(N)C(S(=O)(=O)c2ccccc2C)C1. The summed E-state index contributed by atoms with van der Waals surface area (Å²) in [6.45, 7) is 4.00. The first-order chi connectivity index (χ1) is 9.46. The zero-order chi connectivity index (χ0) is 14.8. The molecule has 1 saturated carbocycles. The van der Waals surface area contributed by atoms with Gasteiger partial charge in [-0.1, -0.05) is 38.0 Å². The summed E-state index contributed by atoms with van der Waals surface area (Å²) < 4.78 is 25.8. The maximum absolute atomic E-state index is 12.9. The van der Waals surface area contributed by atoms with E-state index in [0.717, 1.165) is 31.2 Å². The van der Waals surface area contributed by atoms with Gasteiger partial charge < -0.3 is 5.73 Å². The van der Waals surface area contributed by atoms with Gasteiger partial charge in [0.05, 0.1) is 10.1 Å². The predicted octanol–water partition coefficient (Wildman–Crippen LogP) is 3.06. The highest BCUT2D eigenvalue weighted by Gasteiger charge is 2.38. The summed E-state index contributed by atoms with van der Waals surface area (Å²) in [7, 11) is -3.32. The van der Waals surface area contributed by atoms with Gasteiger partial charge in [0.15, 0.2) is 9.84 Å². The Morgan fingerprint density at radius 1 is 1.25 bits per heavy atom. The molecule has 2 rings (SSSR count). The van der Waals surface area contributed by atoms with Crippen molar-refractivity contribution in [2.45, 2.75) is 62.1 Å². The van der Waals surface area contributed by atoms with Crippen LogP contribution in [0.15, 0.2) is 29.2 Å². The Bertz CT molecular complexity index is 553. The molecule has 1 aromatic carbocycles. The molecule has 0 spiro atoms. The van der Waals surface area contributed by atoms with E-state index < -0.39 is 15.1 Å². The average molecular weight is 295 g/mol. The minimum Gasteiger partial charge on any atom is -0.327 e. The Kier molecular flexibility index (Phi) is 4.86. The van der Waals surface area contributed by atoms with Crippen molar-refractivity contribution in [1.82, 2.24) is 0 Å². The zero-order valence-electron chi connectivity index (χ0n) is 12.4. The molecule has 112 valence electrons. The van der Waals surface area contributed by atoms with E-state index in [-0.39, 0.29) is 6.04 Å². The summed E-state index contributed by atoms with van der Waals surface area (Å²) in [5.74, 6) is 0.503. The normalized spacial score (nSPS) is 27.4. The molecule has 3 atom stereocenters. The van der Waals surface area contributed by atoms with Gasteiger partial charge in [-0.05, 0) is 43.7 Å². The Morgan fingerprint density at radius 3 is 2.60 bits per heavy atom. The Balaban J connectivity index is 2.30. The van der Waals surface area contributed by atoms with Crippen LogP contribution in [0.4, 0.5) is 0 Å². The summed E-state index contributed by atoms with van der Waals surface area (Å²) in [5, 5.41) is -0.422. The Labute approximate surface area is 122 Å². The second-order valence-corrected chi connectivity index (χ2v) is 8.12. The number of hydrogen-bond acceptors (Lipinski definition) is 3. The zero-order valence-corrected chi connectivity index (χ0v) is 13.2. The minimum atomic E-state index is -3.32. The first-order valence-corrected chi connectivity index (χ1v) is 9.06. The van der Waals surface area contributed by atoms with E-state index in [1.54, 1.807) is 12.1 Å². The van der Waals surface area contributed by atoms with E-state index in [2.05, 4.69) is 6.92 Å². The van der Waals surface area contributed by atoms with Crippen molar-refractivity contribution in [3.63, 3.8) is 0 Å². The first-order valence-electron chi connectivity index (χ1n) is 7.52. The van der Waals surface area contributed by atoms with E-state index >= 15 is 0 Å². The number of sulfone groups is 1. The molecule has 2 N–H and O–H groups in total. The molecule has 0 bridgehead atoms. The van der Waals surface area contributed by atoms with Crippen LogP contribution in [0, 0.1) is 12.8 Å². The third-order valence-electron chi connectivity index (χ3n) is 4.45. The summed E-state index contributed by atoms with van der Waals surface area (Å²) in [6.07, 6.45) is 4.81. The maximum Gasteiger partial charge on any atom is 0.183 e. The lowest BCUT2D eigenvalue weighted by atomic mass is 9.83. The van der Waals surface area contributed by atoms with Crippen LogP contribution in [0.25, 0.3) is 0 Å². The maximum atomic E-state index is 12.9. The highest BCUT2D eigenvalue weighted by molar-refractivity contribution is 7.92. The predicted molar refractivity (Wildman–Crippen MR) is 82.4 cm³/mol. The van der Waals surface area contributed by atoms with Gasteiger partial charge in [0.2, 0.25) is 0 Å². The van der Waals surface area contributed by atoms with Crippen molar-refractivity contribution in [1.29, 1.82) is 0 Å². The van der Waals surface area contributed by atoms with Crippen LogP contribution in [-0.4, -0.2) is 19.7 Å². The highest BCUT2D eigenvalue weighted by Crippen LogP contribution is 2.34. The summed E-state index contributed by atoms with van der Waals surface area (Å²) in [6, 6.07) is 6.99. The number of benzene rings is 1. The van der Waals surface area contributed by atoms with Crippen LogP contribution < -0.4 is 5.73 Å².